The summed E-state index contributed by atoms with van der Waals surface area (Å²) in [6.45, 7) is 7.40. The number of hydrogen-bond donors (Lipinski definition) is 1. The maximum atomic E-state index is 5.95. The summed E-state index contributed by atoms with van der Waals surface area (Å²) in [6, 6.07) is 4.87. The average molecular weight is 330 g/mol. The predicted molar refractivity (Wildman–Crippen MR) is 95.6 cm³/mol. The van der Waals surface area contributed by atoms with Crippen LogP contribution in [0.4, 0.5) is 0 Å². The molecule has 1 aliphatic rings. The van der Waals surface area contributed by atoms with Gasteiger partial charge in [0.05, 0.1) is 18.2 Å². The van der Waals surface area contributed by atoms with Gasteiger partial charge in [-0.1, -0.05) is 13.8 Å². The number of ether oxygens (including phenoxy) is 1. The van der Waals surface area contributed by atoms with E-state index >= 15 is 0 Å². The van der Waals surface area contributed by atoms with Crippen molar-refractivity contribution in [2.45, 2.75) is 58.3 Å². The van der Waals surface area contributed by atoms with Gasteiger partial charge in [0.2, 0.25) is 0 Å². The van der Waals surface area contributed by atoms with Crippen LogP contribution in [0.15, 0.2) is 30.9 Å². The quantitative estimate of drug-likeness (QED) is 0.847. The molecule has 1 fully saturated rings. The molecule has 0 radical (unpaired) electrons. The summed E-state index contributed by atoms with van der Waals surface area (Å²) in [5.74, 6) is 0.739. The van der Waals surface area contributed by atoms with E-state index in [-0.39, 0.29) is 6.10 Å². The average Bonchev–Trinajstić information content (AvgIpc) is 3.19. The largest absolute Gasteiger partial charge is 0.372 e. The minimum Gasteiger partial charge on any atom is -0.372 e. The van der Waals surface area contributed by atoms with Crippen LogP contribution in [0, 0.1) is 5.92 Å². The van der Waals surface area contributed by atoms with Crippen molar-refractivity contribution in [3.8, 4) is 0 Å². The Kier molecular flexibility index (Phi) is 5.74. The number of nitrogens with zero attached hydrogens (tertiary/aromatic N) is 3. The van der Waals surface area contributed by atoms with Crippen LogP contribution < -0.4 is 5.32 Å². The van der Waals surface area contributed by atoms with Crippen molar-refractivity contribution in [1.82, 2.24) is 19.4 Å². The van der Waals surface area contributed by atoms with Gasteiger partial charge in [0.25, 0.3) is 0 Å². The molecule has 5 heteroatoms. The molecule has 0 bridgehead atoms. The third kappa shape index (κ3) is 4.28. The van der Waals surface area contributed by atoms with Crippen LogP contribution in [-0.2, 0) is 24.9 Å². The van der Waals surface area contributed by atoms with Crippen LogP contribution in [0.25, 0.3) is 0 Å². The fraction of sp³-hybridized carbons (Fsp3) is 0.632. The van der Waals surface area contributed by atoms with Crippen molar-refractivity contribution in [3.05, 3.63) is 42.2 Å². The Balaban J connectivity index is 1.53. The molecule has 0 aliphatic carbocycles. The van der Waals surface area contributed by atoms with Gasteiger partial charge in [-0.15, -0.1) is 0 Å². The van der Waals surface area contributed by atoms with Crippen molar-refractivity contribution < 1.29 is 4.74 Å². The predicted octanol–water partition coefficient (Wildman–Crippen LogP) is 3.28. The molecule has 2 aromatic heterocycles. The first-order valence-corrected chi connectivity index (χ1v) is 9.08. The molecular formula is C19H30N4O. The number of nitrogens with one attached hydrogen (secondary N) is 1. The molecule has 132 valence electrons. The van der Waals surface area contributed by atoms with Crippen LogP contribution in [0.1, 0.15) is 50.6 Å². The molecule has 0 spiro atoms. The molecule has 0 amide bonds. The van der Waals surface area contributed by atoms with Crippen molar-refractivity contribution in [3.63, 3.8) is 0 Å². The van der Waals surface area contributed by atoms with E-state index in [1.165, 1.54) is 17.8 Å². The summed E-state index contributed by atoms with van der Waals surface area (Å²) in [5.41, 5.74) is 2.54. The summed E-state index contributed by atoms with van der Waals surface area (Å²) < 4.78 is 10.4. The first-order valence-electron chi connectivity index (χ1n) is 9.08. The van der Waals surface area contributed by atoms with Gasteiger partial charge in [-0.05, 0) is 37.3 Å². The molecule has 5 nitrogen and oxygen atoms in total. The fourth-order valence-corrected chi connectivity index (χ4v) is 3.34. The minimum atomic E-state index is 0.150. The highest BCUT2D eigenvalue weighted by molar-refractivity contribution is 5.08. The number of aryl methyl sites for hydroxylation is 2. The third-order valence-electron chi connectivity index (χ3n) is 4.91. The Bertz CT molecular complexity index is 631. The summed E-state index contributed by atoms with van der Waals surface area (Å²) in [4.78, 5) is 4.21. The second-order valence-electron chi connectivity index (χ2n) is 7.27. The standard InChI is InChI=1S/C19H30N4O/c1-15(2)6-9-23-8-4-5-17(23)12-21-16-7-10-24-19(11-16)18-13-20-14-22(18)3/h4-5,8,13-16,19,21H,6-7,9-12H2,1-3H3/t16-,19+/m1/s1. The lowest BCUT2D eigenvalue weighted by atomic mass is 10.0. The lowest BCUT2D eigenvalue weighted by Crippen LogP contribution is -2.36. The summed E-state index contributed by atoms with van der Waals surface area (Å²) in [5, 5.41) is 3.73. The minimum absolute atomic E-state index is 0.150. The topological polar surface area (TPSA) is 44.0 Å². The molecule has 2 aromatic rings. The molecule has 3 rings (SSSR count). The van der Waals surface area contributed by atoms with E-state index in [1.807, 2.05) is 19.6 Å². The van der Waals surface area contributed by atoms with Gasteiger partial charge in [-0.25, -0.2) is 4.98 Å². The van der Waals surface area contributed by atoms with Crippen LogP contribution in [0.5, 0.6) is 0 Å². The molecule has 3 heterocycles. The molecule has 24 heavy (non-hydrogen) atoms. The van der Waals surface area contributed by atoms with E-state index < -0.39 is 0 Å². The van der Waals surface area contributed by atoms with Gasteiger partial charge in [0, 0.05) is 44.7 Å². The molecule has 1 saturated heterocycles. The zero-order valence-electron chi connectivity index (χ0n) is 15.1. The van der Waals surface area contributed by atoms with E-state index in [1.54, 1.807) is 0 Å². The zero-order valence-corrected chi connectivity index (χ0v) is 15.1. The molecule has 0 unspecified atom stereocenters. The normalized spacial score (nSPS) is 21.5. The van der Waals surface area contributed by atoms with E-state index in [0.29, 0.717) is 6.04 Å². The Morgan fingerprint density at radius 1 is 1.42 bits per heavy atom. The second kappa shape index (κ2) is 7.99. The zero-order chi connectivity index (χ0) is 16.9. The van der Waals surface area contributed by atoms with Gasteiger partial charge in [0.1, 0.15) is 6.10 Å². The van der Waals surface area contributed by atoms with Crippen molar-refractivity contribution >= 4 is 0 Å². The first-order chi connectivity index (χ1) is 11.6. The Hall–Kier alpha value is -1.59. The first kappa shape index (κ1) is 17.2. The Morgan fingerprint density at radius 3 is 3.04 bits per heavy atom. The monoisotopic (exact) mass is 330 g/mol. The summed E-state index contributed by atoms with van der Waals surface area (Å²) >= 11 is 0. The van der Waals surface area contributed by atoms with Crippen molar-refractivity contribution in [1.29, 1.82) is 0 Å². The number of rotatable bonds is 7. The smallest absolute Gasteiger partial charge is 0.100 e. The highest BCUT2D eigenvalue weighted by atomic mass is 16.5. The van der Waals surface area contributed by atoms with Crippen molar-refractivity contribution in [2.24, 2.45) is 13.0 Å². The SMILES string of the molecule is CC(C)CCn1cccc1CN[C@@H]1CCO[C@H](c2cncn2C)C1. The van der Waals surface area contributed by atoms with Gasteiger partial charge < -0.3 is 19.2 Å². The van der Waals surface area contributed by atoms with E-state index in [4.69, 9.17) is 4.74 Å². The maximum absolute atomic E-state index is 5.95. The second-order valence-corrected chi connectivity index (χ2v) is 7.27. The van der Waals surface area contributed by atoms with Gasteiger partial charge in [-0.2, -0.15) is 0 Å². The summed E-state index contributed by atoms with van der Waals surface area (Å²) in [6.07, 6.45) is 9.41. The molecule has 0 saturated carbocycles. The molecular weight excluding hydrogens is 300 g/mol. The van der Waals surface area contributed by atoms with Gasteiger partial charge in [0.15, 0.2) is 0 Å². The Morgan fingerprint density at radius 2 is 2.29 bits per heavy atom. The maximum Gasteiger partial charge on any atom is 0.100 e. The van der Waals surface area contributed by atoms with E-state index in [0.717, 1.165) is 38.5 Å². The molecule has 1 N–H and O–H groups in total. The summed E-state index contributed by atoms with van der Waals surface area (Å²) in [7, 11) is 2.03. The van der Waals surface area contributed by atoms with E-state index in [9.17, 15) is 0 Å². The van der Waals surface area contributed by atoms with Crippen LogP contribution in [-0.4, -0.2) is 26.8 Å². The lowest BCUT2D eigenvalue weighted by molar-refractivity contribution is -0.00413. The number of aromatic nitrogens is 3. The lowest BCUT2D eigenvalue weighted by Gasteiger charge is -2.30. The number of hydrogen-bond acceptors (Lipinski definition) is 3. The molecule has 1 aliphatic heterocycles. The highest BCUT2D eigenvalue weighted by Gasteiger charge is 2.25. The third-order valence-corrected chi connectivity index (χ3v) is 4.91. The van der Waals surface area contributed by atoms with Gasteiger partial charge in [-0.3, -0.25) is 0 Å². The van der Waals surface area contributed by atoms with Crippen LogP contribution in [0.3, 0.4) is 0 Å². The highest BCUT2D eigenvalue weighted by Crippen LogP contribution is 2.27. The van der Waals surface area contributed by atoms with E-state index in [2.05, 4.69) is 51.6 Å². The Labute approximate surface area is 145 Å². The molecule has 0 aromatic carbocycles. The van der Waals surface area contributed by atoms with Crippen molar-refractivity contribution in [2.75, 3.05) is 6.61 Å². The van der Waals surface area contributed by atoms with Crippen LogP contribution in [0.2, 0.25) is 0 Å². The number of imidazole rings is 1. The molecule has 2 atom stereocenters. The van der Waals surface area contributed by atoms with Crippen LogP contribution >= 0.6 is 0 Å². The fourth-order valence-electron chi connectivity index (χ4n) is 3.34. The van der Waals surface area contributed by atoms with Gasteiger partial charge >= 0.3 is 0 Å².